The molecule has 4 aromatic rings. The van der Waals surface area contributed by atoms with Crippen LogP contribution in [0.2, 0.25) is 0 Å². The van der Waals surface area contributed by atoms with Crippen LogP contribution in [0.15, 0.2) is 77.8 Å². The van der Waals surface area contributed by atoms with Gasteiger partial charge in [0, 0.05) is 23.8 Å². The van der Waals surface area contributed by atoms with Gasteiger partial charge in [-0.1, -0.05) is 30.3 Å². The molecule has 0 bridgehead atoms. The molecule has 0 aliphatic rings. The Labute approximate surface area is 216 Å². The fraction of sp³-hybridized carbons (Fsp3) is 0.185. The minimum Gasteiger partial charge on any atom is -0.465 e. The first-order chi connectivity index (χ1) is 18.0. The highest BCUT2D eigenvalue weighted by Crippen LogP contribution is 2.39. The second-order valence-electron chi connectivity index (χ2n) is 8.24. The van der Waals surface area contributed by atoms with Crippen LogP contribution in [-0.4, -0.2) is 43.9 Å². The fourth-order valence-electron chi connectivity index (χ4n) is 3.98. The van der Waals surface area contributed by atoms with Crippen molar-refractivity contribution in [1.82, 2.24) is 4.98 Å². The van der Waals surface area contributed by atoms with Crippen LogP contribution in [-0.2, 0) is 20.8 Å². The number of carbonyl (C=O) groups excluding carboxylic acids is 1. The number of esters is 1. The second kappa shape index (κ2) is 10.8. The summed E-state index contributed by atoms with van der Waals surface area (Å²) in [6.07, 6.45) is -3.52. The monoisotopic (exact) mass is 545 g/mol. The van der Waals surface area contributed by atoms with Gasteiger partial charge >= 0.3 is 12.1 Å². The molecule has 0 spiro atoms. The van der Waals surface area contributed by atoms with Crippen LogP contribution in [0.5, 0.6) is 11.5 Å². The molecule has 0 aliphatic carbocycles. The van der Waals surface area contributed by atoms with Gasteiger partial charge in [0.25, 0.3) is 0 Å². The van der Waals surface area contributed by atoms with Crippen LogP contribution in [0, 0.1) is 0 Å². The lowest BCUT2D eigenvalue weighted by molar-refractivity contribution is -0.136. The van der Waals surface area contributed by atoms with Crippen molar-refractivity contribution in [2.75, 3.05) is 19.5 Å². The molecule has 0 atom stereocenters. The van der Waals surface area contributed by atoms with Crippen molar-refractivity contribution in [2.24, 2.45) is 0 Å². The molecule has 38 heavy (non-hydrogen) atoms. The summed E-state index contributed by atoms with van der Waals surface area (Å²) in [7, 11) is -2.48. The van der Waals surface area contributed by atoms with Crippen LogP contribution >= 0.6 is 0 Å². The van der Waals surface area contributed by atoms with Gasteiger partial charge in [-0.2, -0.15) is 13.2 Å². The number of halogens is 3. The minimum atomic E-state index is -4.66. The maximum absolute atomic E-state index is 13.7. The Morgan fingerprint density at radius 2 is 1.68 bits per heavy atom. The van der Waals surface area contributed by atoms with E-state index in [-0.39, 0.29) is 57.2 Å². The Bertz CT molecular complexity index is 1600. The third-order valence-corrected chi connectivity index (χ3v) is 7.50. The summed E-state index contributed by atoms with van der Waals surface area (Å²) in [4.78, 5) is 16.5. The number of aromatic nitrogens is 1. The first kappa shape index (κ1) is 27.1. The van der Waals surface area contributed by atoms with E-state index in [4.69, 9.17) is 14.6 Å². The topological polar surface area (TPSA) is 103 Å². The largest absolute Gasteiger partial charge is 0.465 e. The predicted molar refractivity (Wildman–Crippen MR) is 134 cm³/mol. The van der Waals surface area contributed by atoms with Crippen LogP contribution in [0.3, 0.4) is 0 Å². The van der Waals surface area contributed by atoms with E-state index >= 15 is 0 Å². The molecule has 1 aromatic heterocycles. The normalized spacial score (nSPS) is 11.9. The zero-order valence-corrected chi connectivity index (χ0v) is 20.8. The molecule has 1 N–H and O–H groups in total. The Hall–Kier alpha value is -3.96. The van der Waals surface area contributed by atoms with Crippen molar-refractivity contribution in [1.29, 1.82) is 0 Å². The van der Waals surface area contributed by atoms with Gasteiger partial charge in [0.15, 0.2) is 9.84 Å². The minimum absolute atomic E-state index is 0.0207. The quantitative estimate of drug-likeness (QED) is 0.285. The maximum Gasteiger partial charge on any atom is 0.418 e. The molecule has 0 fully saturated rings. The molecule has 4 rings (SSSR count). The van der Waals surface area contributed by atoms with E-state index in [0.29, 0.717) is 5.56 Å². The standard InChI is InChI=1S/C27H22F3NO6S/c1-36-26(33)22-16-31-25-21(10-4-11-23(25)27(28,29)30)24(22)17-6-2-7-18(14-17)37-19-8-3-9-20(15-19)38(34,35)13-5-12-32/h2-4,6-11,14-16,32H,5,12-13H2,1H3. The highest BCUT2D eigenvalue weighted by atomic mass is 32.2. The zero-order valence-electron chi connectivity index (χ0n) is 20.0. The fourth-order valence-corrected chi connectivity index (χ4v) is 5.31. The number of fused-ring (bicyclic) bond motifs is 1. The summed E-state index contributed by atoms with van der Waals surface area (Å²) in [6, 6.07) is 15.7. The molecule has 198 valence electrons. The Morgan fingerprint density at radius 3 is 2.37 bits per heavy atom. The zero-order chi connectivity index (χ0) is 27.5. The number of nitrogens with zero attached hydrogens (tertiary/aromatic N) is 1. The Balaban J connectivity index is 1.80. The predicted octanol–water partition coefficient (Wildman–Crippen LogP) is 5.66. The first-order valence-corrected chi connectivity index (χ1v) is 13.0. The molecule has 0 unspecified atom stereocenters. The van der Waals surface area contributed by atoms with E-state index in [0.717, 1.165) is 19.4 Å². The van der Waals surface area contributed by atoms with E-state index in [2.05, 4.69) is 4.98 Å². The number of ether oxygens (including phenoxy) is 2. The number of aliphatic hydroxyl groups excluding tert-OH is 1. The molecular weight excluding hydrogens is 523 g/mol. The lowest BCUT2D eigenvalue weighted by atomic mass is 9.94. The van der Waals surface area contributed by atoms with Gasteiger partial charge < -0.3 is 14.6 Å². The van der Waals surface area contributed by atoms with Crippen LogP contribution in [0.25, 0.3) is 22.0 Å². The number of methoxy groups -OCH3 is 1. The Morgan fingerprint density at radius 1 is 1.00 bits per heavy atom. The molecule has 0 amide bonds. The number of para-hydroxylation sites is 1. The average Bonchev–Trinajstić information content (AvgIpc) is 2.90. The molecule has 11 heteroatoms. The third-order valence-electron chi connectivity index (χ3n) is 5.70. The van der Waals surface area contributed by atoms with Gasteiger partial charge in [-0.15, -0.1) is 0 Å². The average molecular weight is 546 g/mol. The number of carbonyl (C=O) groups is 1. The van der Waals surface area contributed by atoms with Gasteiger partial charge in [0.1, 0.15) is 11.5 Å². The summed E-state index contributed by atoms with van der Waals surface area (Å²) >= 11 is 0. The second-order valence-corrected chi connectivity index (χ2v) is 10.3. The van der Waals surface area contributed by atoms with Crippen molar-refractivity contribution in [3.05, 3.63) is 84.1 Å². The molecular formula is C27H22F3NO6S. The smallest absolute Gasteiger partial charge is 0.418 e. The van der Waals surface area contributed by atoms with Gasteiger partial charge in [0.2, 0.25) is 0 Å². The Kier molecular flexibility index (Phi) is 7.70. The summed E-state index contributed by atoms with van der Waals surface area (Å²) in [5.41, 5.74) is -0.761. The van der Waals surface area contributed by atoms with Crippen molar-refractivity contribution < 1.29 is 41.0 Å². The number of alkyl halides is 3. The van der Waals surface area contributed by atoms with Crippen molar-refractivity contribution in [3.8, 4) is 22.6 Å². The number of aliphatic hydroxyl groups is 1. The van der Waals surface area contributed by atoms with E-state index in [1.807, 2.05) is 0 Å². The molecule has 0 radical (unpaired) electrons. The van der Waals surface area contributed by atoms with E-state index in [9.17, 15) is 26.4 Å². The highest BCUT2D eigenvalue weighted by molar-refractivity contribution is 7.91. The van der Waals surface area contributed by atoms with Crippen molar-refractivity contribution in [2.45, 2.75) is 17.5 Å². The van der Waals surface area contributed by atoms with Crippen LogP contribution in [0.1, 0.15) is 22.3 Å². The molecule has 3 aromatic carbocycles. The lowest BCUT2D eigenvalue weighted by Gasteiger charge is -2.16. The van der Waals surface area contributed by atoms with Gasteiger partial charge in [0.05, 0.1) is 34.4 Å². The van der Waals surface area contributed by atoms with E-state index in [1.54, 1.807) is 24.3 Å². The number of hydrogen-bond donors (Lipinski definition) is 1. The maximum atomic E-state index is 13.7. The molecule has 0 aliphatic heterocycles. The van der Waals surface area contributed by atoms with Gasteiger partial charge in [-0.05, 0) is 48.4 Å². The SMILES string of the molecule is COC(=O)c1cnc2c(C(F)(F)F)cccc2c1-c1cccc(Oc2cccc(S(=O)(=O)CCCO)c2)c1. The molecule has 1 heterocycles. The van der Waals surface area contributed by atoms with E-state index in [1.165, 1.54) is 36.4 Å². The van der Waals surface area contributed by atoms with Crippen molar-refractivity contribution >= 4 is 26.7 Å². The summed E-state index contributed by atoms with van der Waals surface area (Å²) in [5.74, 6) is -0.549. The number of hydrogen-bond acceptors (Lipinski definition) is 7. The number of sulfone groups is 1. The van der Waals surface area contributed by atoms with Crippen LogP contribution < -0.4 is 4.74 Å². The molecule has 7 nitrogen and oxygen atoms in total. The summed E-state index contributed by atoms with van der Waals surface area (Å²) in [5, 5.41) is 9.05. The molecule has 0 saturated heterocycles. The number of pyridine rings is 1. The molecule has 0 saturated carbocycles. The number of rotatable bonds is 8. The first-order valence-electron chi connectivity index (χ1n) is 11.3. The lowest BCUT2D eigenvalue weighted by Crippen LogP contribution is -2.09. The van der Waals surface area contributed by atoms with E-state index < -0.39 is 27.5 Å². The summed E-state index contributed by atoms with van der Waals surface area (Å²) < 4.78 is 76.7. The van der Waals surface area contributed by atoms with Gasteiger partial charge in [-0.3, -0.25) is 4.98 Å². The third kappa shape index (κ3) is 5.63. The summed E-state index contributed by atoms with van der Waals surface area (Å²) in [6.45, 7) is -0.260. The highest BCUT2D eigenvalue weighted by Gasteiger charge is 2.34. The number of benzene rings is 3. The van der Waals surface area contributed by atoms with Crippen molar-refractivity contribution in [3.63, 3.8) is 0 Å². The van der Waals surface area contributed by atoms with Crippen LogP contribution in [0.4, 0.5) is 13.2 Å². The van der Waals surface area contributed by atoms with Gasteiger partial charge in [-0.25, -0.2) is 13.2 Å².